The fourth-order valence-electron chi connectivity index (χ4n) is 3.53. The first-order valence-corrected chi connectivity index (χ1v) is 11.9. The first-order valence-electron chi connectivity index (χ1n) is 11.9. The van der Waals surface area contributed by atoms with Crippen LogP contribution in [-0.2, 0) is 11.3 Å². The Morgan fingerprint density at radius 1 is 0.971 bits per heavy atom. The largest absolute Gasteiger partial charge is 0.493 e. The van der Waals surface area contributed by atoms with Gasteiger partial charge in [-0.05, 0) is 25.1 Å². The molecule has 3 aromatic rings. The summed E-state index contributed by atoms with van der Waals surface area (Å²) in [5, 5.41) is 4.27. The van der Waals surface area contributed by atoms with Crippen LogP contribution in [0.2, 0.25) is 0 Å². The Balaban J connectivity index is 1.76. The minimum atomic E-state index is -0.198. The molecular formula is C27H37BN4O3. The van der Waals surface area contributed by atoms with Crippen LogP contribution in [0.1, 0.15) is 39.1 Å². The van der Waals surface area contributed by atoms with E-state index in [1.807, 2.05) is 43.3 Å². The van der Waals surface area contributed by atoms with Gasteiger partial charge >= 0.3 is 0 Å². The number of anilines is 1. The molecule has 0 bridgehead atoms. The Kier molecular flexibility index (Phi) is 8.62. The summed E-state index contributed by atoms with van der Waals surface area (Å²) in [4.78, 5) is 9.24. The van der Waals surface area contributed by atoms with Gasteiger partial charge in [-0.2, -0.15) is 0 Å². The molecule has 1 aromatic heterocycles. The molecule has 0 aliphatic heterocycles. The minimum Gasteiger partial charge on any atom is -0.493 e. The highest BCUT2D eigenvalue weighted by atomic mass is 16.5. The number of ether oxygens (including phenoxy) is 3. The molecule has 0 atom stereocenters. The second-order valence-corrected chi connectivity index (χ2v) is 10.6. The predicted molar refractivity (Wildman–Crippen MR) is 143 cm³/mol. The summed E-state index contributed by atoms with van der Waals surface area (Å²) in [6, 6.07) is 11.6. The summed E-state index contributed by atoms with van der Waals surface area (Å²) >= 11 is 0. The second kappa shape index (κ2) is 11.3. The maximum Gasteiger partial charge on any atom is 0.163 e. The van der Waals surface area contributed by atoms with Gasteiger partial charge in [-0.3, -0.25) is 0 Å². The number of hydrogen-bond acceptors (Lipinski definition) is 7. The van der Waals surface area contributed by atoms with Crippen LogP contribution in [0.4, 0.5) is 5.82 Å². The van der Waals surface area contributed by atoms with Gasteiger partial charge in [0.25, 0.3) is 0 Å². The van der Waals surface area contributed by atoms with Gasteiger partial charge in [0.15, 0.2) is 11.5 Å². The van der Waals surface area contributed by atoms with Crippen molar-refractivity contribution in [3.63, 3.8) is 0 Å². The quantitative estimate of drug-likeness (QED) is 0.385. The van der Waals surface area contributed by atoms with E-state index in [1.54, 1.807) is 7.11 Å². The van der Waals surface area contributed by atoms with Gasteiger partial charge in [0, 0.05) is 28.8 Å². The summed E-state index contributed by atoms with van der Waals surface area (Å²) in [5.74, 6) is 2.66. The maximum atomic E-state index is 6.21. The second-order valence-electron chi connectivity index (χ2n) is 10.6. The van der Waals surface area contributed by atoms with E-state index < -0.39 is 0 Å². The van der Waals surface area contributed by atoms with Crippen LogP contribution in [0.15, 0.2) is 36.4 Å². The van der Waals surface area contributed by atoms with Crippen LogP contribution < -0.4 is 26.0 Å². The highest BCUT2D eigenvalue weighted by molar-refractivity contribution is 6.32. The van der Waals surface area contributed by atoms with Crippen LogP contribution in [-0.4, -0.2) is 51.3 Å². The molecule has 0 aliphatic rings. The number of nitrogens with one attached hydrogen (secondary N) is 1. The Morgan fingerprint density at radius 2 is 1.71 bits per heavy atom. The van der Waals surface area contributed by atoms with Crippen molar-refractivity contribution in [2.75, 3.05) is 38.8 Å². The molecule has 3 N–H and O–H groups in total. The van der Waals surface area contributed by atoms with Crippen LogP contribution in [0.25, 0.3) is 10.9 Å². The molecule has 2 aromatic carbocycles. The number of benzene rings is 2. The van der Waals surface area contributed by atoms with Crippen molar-refractivity contribution >= 4 is 30.0 Å². The maximum absolute atomic E-state index is 6.21. The molecular weight excluding hydrogens is 439 g/mol. The lowest BCUT2D eigenvalue weighted by molar-refractivity contribution is 0.000744. The standard InChI is InChI=1S/C27H37BN4O3/c1-18-31-22-12-24(35-17-27(4,5)16-34-15-26(2,3)14-29)23(33-6)11-21(22)25(32-18)30-13-19-8-7-9-20(28)10-19/h7-12H,13-17,29H2,1-6H3,(H,30,31,32). The number of fused-ring (bicyclic) bond motifs is 1. The number of rotatable bonds is 12. The van der Waals surface area contributed by atoms with Gasteiger partial charge in [0.05, 0.1) is 32.4 Å². The van der Waals surface area contributed by atoms with Gasteiger partial charge in [-0.25, -0.2) is 9.97 Å². The summed E-state index contributed by atoms with van der Waals surface area (Å²) in [5.41, 5.74) is 8.14. The molecule has 1 heterocycles. The lowest BCUT2D eigenvalue weighted by Crippen LogP contribution is -2.33. The average molecular weight is 476 g/mol. The monoisotopic (exact) mass is 476 g/mol. The molecule has 3 rings (SSSR count). The fourth-order valence-corrected chi connectivity index (χ4v) is 3.53. The summed E-state index contributed by atoms with van der Waals surface area (Å²) in [6.45, 7) is 13.1. The molecule has 0 saturated heterocycles. The van der Waals surface area contributed by atoms with Gasteiger partial charge in [0.2, 0.25) is 0 Å². The van der Waals surface area contributed by atoms with Crippen molar-refractivity contribution in [1.29, 1.82) is 0 Å². The molecule has 35 heavy (non-hydrogen) atoms. The normalized spacial score (nSPS) is 12.1. The van der Waals surface area contributed by atoms with Crippen LogP contribution >= 0.6 is 0 Å². The highest BCUT2D eigenvalue weighted by Crippen LogP contribution is 2.35. The first-order chi connectivity index (χ1) is 16.5. The zero-order valence-corrected chi connectivity index (χ0v) is 21.8. The van der Waals surface area contributed by atoms with Crippen LogP contribution in [0.5, 0.6) is 11.5 Å². The van der Waals surface area contributed by atoms with Gasteiger partial charge in [0.1, 0.15) is 19.5 Å². The number of aryl methyl sites for hydroxylation is 1. The van der Waals surface area contributed by atoms with E-state index in [-0.39, 0.29) is 10.8 Å². The van der Waals surface area contributed by atoms with E-state index in [9.17, 15) is 0 Å². The lowest BCUT2D eigenvalue weighted by atomic mass is 9.94. The SMILES string of the molecule is [B]c1cccc(CNc2nc(C)nc3cc(OCC(C)(C)COCC(C)(C)CN)c(OC)cc23)c1. The third-order valence-electron chi connectivity index (χ3n) is 5.66. The van der Waals surface area contributed by atoms with Crippen molar-refractivity contribution in [2.24, 2.45) is 16.6 Å². The molecule has 186 valence electrons. The van der Waals surface area contributed by atoms with Gasteiger partial charge < -0.3 is 25.3 Å². The van der Waals surface area contributed by atoms with Crippen LogP contribution in [0, 0.1) is 17.8 Å². The Hall–Kier alpha value is -2.84. The molecule has 2 radical (unpaired) electrons. The highest BCUT2D eigenvalue weighted by Gasteiger charge is 2.23. The molecule has 0 amide bonds. The lowest BCUT2D eigenvalue weighted by Gasteiger charge is -2.28. The number of nitrogens with two attached hydrogens (primary N) is 1. The molecule has 0 fully saturated rings. The van der Waals surface area contributed by atoms with Gasteiger partial charge in [-0.1, -0.05) is 57.4 Å². The first kappa shape index (κ1) is 26.8. The molecule has 7 nitrogen and oxygen atoms in total. The third kappa shape index (κ3) is 7.57. The number of nitrogens with zero attached hydrogens (tertiary/aromatic N) is 2. The van der Waals surface area contributed by atoms with Gasteiger partial charge in [-0.15, -0.1) is 0 Å². The van der Waals surface area contributed by atoms with Crippen molar-refractivity contribution < 1.29 is 14.2 Å². The topological polar surface area (TPSA) is 91.5 Å². The van der Waals surface area contributed by atoms with E-state index in [2.05, 4.69) is 43.0 Å². The third-order valence-corrected chi connectivity index (χ3v) is 5.66. The number of aromatic nitrogens is 2. The number of methoxy groups -OCH3 is 1. The zero-order valence-electron chi connectivity index (χ0n) is 21.8. The van der Waals surface area contributed by atoms with Crippen molar-refractivity contribution in [1.82, 2.24) is 9.97 Å². The van der Waals surface area contributed by atoms with Crippen LogP contribution in [0.3, 0.4) is 0 Å². The molecule has 8 heteroatoms. The van der Waals surface area contributed by atoms with E-state index in [0.29, 0.717) is 50.2 Å². The Morgan fingerprint density at radius 3 is 2.40 bits per heavy atom. The molecule has 0 aliphatic carbocycles. The predicted octanol–water partition coefficient (Wildman–Crippen LogP) is 3.76. The van der Waals surface area contributed by atoms with E-state index >= 15 is 0 Å². The molecule has 0 spiro atoms. The van der Waals surface area contributed by atoms with Crippen molar-refractivity contribution in [3.8, 4) is 11.5 Å². The number of hydrogen-bond donors (Lipinski definition) is 2. The Labute approximate surface area is 210 Å². The van der Waals surface area contributed by atoms with E-state index in [1.165, 1.54) is 0 Å². The Bertz CT molecular complexity index is 1150. The van der Waals surface area contributed by atoms with Crippen molar-refractivity contribution in [2.45, 2.75) is 41.2 Å². The summed E-state index contributed by atoms with van der Waals surface area (Å²) in [6.07, 6.45) is 0. The molecule has 0 saturated carbocycles. The van der Waals surface area contributed by atoms with Crippen molar-refractivity contribution in [3.05, 3.63) is 47.8 Å². The smallest absolute Gasteiger partial charge is 0.163 e. The summed E-state index contributed by atoms with van der Waals surface area (Å²) in [7, 11) is 7.54. The average Bonchev–Trinajstić information content (AvgIpc) is 2.80. The van der Waals surface area contributed by atoms with E-state index in [0.717, 1.165) is 27.7 Å². The minimum absolute atomic E-state index is 0.0467. The van der Waals surface area contributed by atoms with E-state index in [4.69, 9.17) is 27.8 Å². The fraction of sp³-hybridized carbons (Fsp3) is 0.481. The molecule has 0 unspecified atom stereocenters. The zero-order chi connectivity index (χ0) is 25.6. The summed E-state index contributed by atoms with van der Waals surface area (Å²) < 4.78 is 17.8.